The third-order valence-electron chi connectivity index (χ3n) is 4.93. The van der Waals surface area contributed by atoms with Crippen molar-refractivity contribution >= 4 is 57.2 Å². The molecule has 7 heteroatoms. The van der Waals surface area contributed by atoms with Crippen LogP contribution in [0, 0.1) is 0 Å². The van der Waals surface area contributed by atoms with E-state index in [1.165, 1.54) is 22.2 Å². The number of para-hydroxylation sites is 1. The average Bonchev–Trinajstić information content (AvgIpc) is 3.25. The molecule has 0 spiro atoms. The van der Waals surface area contributed by atoms with Crippen molar-refractivity contribution in [2.75, 3.05) is 13.2 Å². The summed E-state index contributed by atoms with van der Waals surface area (Å²) in [5, 5.41) is 1.06. The number of hydrogen-bond donors (Lipinski definition) is 0. The zero-order chi connectivity index (χ0) is 21.8. The minimum atomic E-state index is -0.445. The number of fused-ring (bicyclic) bond motifs is 1. The van der Waals surface area contributed by atoms with Crippen LogP contribution in [0.3, 0.4) is 0 Å². The lowest BCUT2D eigenvalue weighted by Gasteiger charge is -2.13. The summed E-state index contributed by atoms with van der Waals surface area (Å²) in [6, 6.07) is 18.4. The van der Waals surface area contributed by atoms with Gasteiger partial charge in [-0.25, -0.2) is 0 Å². The van der Waals surface area contributed by atoms with Gasteiger partial charge >= 0.3 is 5.97 Å². The summed E-state index contributed by atoms with van der Waals surface area (Å²) in [6.07, 6.45) is 4.65. The number of ether oxygens (including phenoxy) is 1. The van der Waals surface area contributed by atoms with Crippen LogP contribution in [0.1, 0.15) is 24.5 Å². The van der Waals surface area contributed by atoms with Crippen LogP contribution >= 0.6 is 24.0 Å². The number of carbonyl (C=O) groups is 2. The molecule has 0 unspecified atom stereocenters. The highest BCUT2D eigenvalue weighted by Crippen LogP contribution is 2.34. The van der Waals surface area contributed by atoms with Gasteiger partial charge in [-0.3, -0.25) is 14.5 Å². The molecule has 0 aliphatic carbocycles. The van der Waals surface area contributed by atoms with Gasteiger partial charge < -0.3 is 9.30 Å². The molecule has 5 nitrogen and oxygen atoms in total. The van der Waals surface area contributed by atoms with Gasteiger partial charge in [-0.2, -0.15) is 0 Å². The Labute approximate surface area is 190 Å². The summed E-state index contributed by atoms with van der Waals surface area (Å²) in [6.45, 7) is 2.84. The number of aromatic nitrogens is 1. The van der Waals surface area contributed by atoms with Crippen LogP contribution in [0.5, 0.6) is 0 Å². The van der Waals surface area contributed by atoms with E-state index in [1.807, 2.05) is 49.4 Å². The van der Waals surface area contributed by atoms with E-state index in [1.54, 1.807) is 0 Å². The lowest BCUT2D eigenvalue weighted by Crippen LogP contribution is -2.34. The predicted octanol–water partition coefficient (Wildman–Crippen LogP) is 4.84. The number of hydrogen-bond acceptors (Lipinski definition) is 5. The minimum Gasteiger partial charge on any atom is -0.464 e. The Morgan fingerprint density at radius 3 is 2.65 bits per heavy atom. The average molecular weight is 451 g/mol. The number of esters is 1. The van der Waals surface area contributed by atoms with Crippen molar-refractivity contribution < 1.29 is 14.3 Å². The minimum absolute atomic E-state index is 0.155. The third kappa shape index (κ3) is 4.73. The molecular weight excluding hydrogens is 428 g/mol. The summed E-state index contributed by atoms with van der Waals surface area (Å²) in [5.41, 5.74) is 3.24. The molecule has 158 valence electrons. The molecule has 0 radical (unpaired) electrons. The highest BCUT2D eigenvalue weighted by atomic mass is 32.2. The second-order valence-corrected chi connectivity index (χ2v) is 8.88. The van der Waals surface area contributed by atoms with Crippen LogP contribution in [0.25, 0.3) is 17.0 Å². The van der Waals surface area contributed by atoms with Crippen molar-refractivity contribution in [1.82, 2.24) is 9.47 Å². The first-order valence-electron chi connectivity index (χ1n) is 10.1. The van der Waals surface area contributed by atoms with E-state index in [4.69, 9.17) is 17.0 Å². The van der Waals surface area contributed by atoms with Gasteiger partial charge in [0, 0.05) is 29.2 Å². The van der Waals surface area contributed by atoms with Crippen molar-refractivity contribution in [3.05, 3.63) is 76.8 Å². The van der Waals surface area contributed by atoms with Crippen molar-refractivity contribution in [1.29, 1.82) is 0 Å². The molecule has 0 atom stereocenters. The maximum atomic E-state index is 12.9. The maximum absolute atomic E-state index is 12.9. The van der Waals surface area contributed by atoms with Crippen LogP contribution in [0.4, 0.5) is 0 Å². The molecule has 2 aromatic carbocycles. The highest BCUT2D eigenvalue weighted by molar-refractivity contribution is 8.26. The maximum Gasteiger partial charge on any atom is 0.326 e. The van der Waals surface area contributed by atoms with Crippen molar-refractivity contribution in [2.24, 2.45) is 0 Å². The van der Waals surface area contributed by atoms with Crippen LogP contribution in [0.15, 0.2) is 65.7 Å². The van der Waals surface area contributed by atoms with E-state index in [9.17, 15) is 9.59 Å². The molecule has 1 aliphatic rings. The zero-order valence-corrected chi connectivity index (χ0v) is 18.7. The fourth-order valence-electron chi connectivity index (χ4n) is 3.47. The van der Waals surface area contributed by atoms with Crippen molar-refractivity contribution in [3.63, 3.8) is 0 Å². The molecule has 0 bridgehead atoms. The topological polar surface area (TPSA) is 51.5 Å². The summed E-state index contributed by atoms with van der Waals surface area (Å²) in [4.78, 5) is 26.7. The zero-order valence-electron chi connectivity index (χ0n) is 17.1. The second kappa shape index (κ2) is 9.49. The normalized spacial score (nSPS) is 15.3. The lowest BCUT2D eigenvalue weighted by molar-refractivity contribution is -0.146. The van der Waals surface area contributed by atoms with Gasteiger partial charge in [-0.1, -0.05) is 79.4 Å². The van der Waals surface area contributed by atoms with Gasteiger partial charge in [0.05, 0.1) is 11.5 Å². The first kappa shape index (κ1) is 21.3. The molecule has 3 aromatic rings. The number of nitrogens with zero attached hydrogens (tertiary/aromatic N) is 2. The Balaban J connectivity index is 1.61. The van der Waals surface area contributed by atoms with Gasteiger partial charge in [-0.15, -0.1) is 0 Å². The summed E-state index contributed by atoms with van der Waals surface area (Å²) < 4.78 is 7.65. The summed E-state index contributed by atoms with van der Waals surface area (Å²) >= 11 is 6.56. The number of thioether (sulfide) groups is 1. The molecule has 1 saturated heterocycles. The third-order valence-corrected chi connectivity index (χ3v) is 6.31. The van der Waals surface area contributed by atoms with E-state index in [0.717, 1.165) is 29.4 Å². The Morgan fingerprint density at radius 2 is 1.87 bits per heavy atom. The van der Waals surface area contributed by atoms with Gasteiger partial charge in [0.25, 0.3) is 5.91 Å². The number of amides is 1. The first-order chi connectivity index (χ1) is 15.1. The van der Waals surface area contributed by atoms with Gasteiger partial charge in [0.1, 0.15) is 10.9 Å². The van der Waals surface area contributed by atoms with Crippen LogP contribution in [0.2, 0.25) is 0 Å². The second-order valence-electron chi connectivity index (χ2n) is 7.20. The Morgan fingerprint density at radius 1 is 1.13 bits per heavy atom. The largest absolute Gasteiger partial charge is 0.464 e. The fraction of sp³-hybridized carbons (Fsp3) is 0.208. The Bertz CT molecular complexity index is 1170. The highest BCUT2D eigenvalue weighted by Gasteiger charge is 2.34. The fourth-order valence-corrected chi connectivity index (χ4v) is 4.72. The molecule has 1 amide bonds. The Hall–Kier alpha value is -2.90. The van der Waals surface area contributed by atoms with Gasteiger partial charge in [-0.05, 0) is 24.1 Å². The van der Waals surface area contributed by atoms with Crippen LogP contribution in [-0.4, -0.2) is 38.8 Å². The molecule has 1 fully saturated rings. The van der Waals surface area contributed by atoms with E-state index in [2.05, 4.69) is 29.0 Å². The van der Waals surface area contributed by atoms with Gasteiger partial charge in [0.15, 0.2) is 0 Å². The molecule has 0 saturated carbocycles. The molecule has 4 rings (SSSR count). The Kier molecular flexibility index (Phi) is 6.53. The first-order valence-corrected chi connectivity index (χ1v) is 11.3. The molecular formula is C24H22N2O3S2. The van der Waals surface area contributed by atoms with Crippen LogP contribution < -0.4 is 0 Å². The predicted molar refractivity (Wildman–Crippen MR) is 129 cm³/mol. The molecule has 1 aliphatic heterocycles. The monoisotopic (exact) mass is 450 g/mol. The van der Waals surface area contributed by atoms with Gasteiger partial charge in [0.2, 0.25) is 0 Å². The number of rotatable bonds is 7. The standard InChI is InChI=1S/C24H22N2O3S2/c1-2-12-29-22(27)16-26-23(28)21(31-24(26)30)13-18-15-25(14-17-8-4-3-5-9-17)20-11-7-6-10-19(18)20/h3-11,13,15H,2,12,14,16H2,1H3. The summed E-state index contributed by atoms with van der Waals surface area (Å²) in [5.74, 6) is -0.706. The molecule has 2 heterocycles. The van der Waals surface area contributed by atoms with E-state index in [0.29, 0.717) is 15.8 Å². The van der Waals surface area contributed by atoms with E-state index >= 15 is 0 Å². The quantitative estimate of drug-likeness (QED) is 0.293. The molecule has 0 N–H and O–H groups in total. The number of thiocarbonyl (C=S) groups is 1. The van der Waals surface area contributed by atoms with Crippen LogP contribution in [-0.2, 0) is 20.9 Å². The van der Waals surface area contributed by atoms with E-state index < -0.39 is 5.97 Å². The molecule has 1 aromatic heterocycles. The number of benzene rings is 2. The van der Waals surface area contributed by atoms with Crippen molar-refractivity contribution in [2.45, 2.75) is 19.9 Å². The summed E-state index contributed by atoms with van der Waals surface area (Å²) in [7, 11) is 0. The molecule has 31 heavy (non-hydrogen) atoms. The smallest absolute Gasteiger partial charge is 0.326 e. The lowest BCUT2D eigenvalue weighted by atomic mass is 10.1. The number of carbonyl (C=O) groups excluding carboxylic acids is 2. The SMILES string of the molecule is CCCOC(=O)CN1C(=O)C(=Cc2cn(Cc3ccccc3)c3ccccc23)SC1=S. The van der Waals surface area contributed by atoms with E-state index in [-0.39, 0.29) is 12.5 Å². The van der Waals surface area contributed by atoms with Crippen molar-refractivity contribution in [3.8, 4) is 0 Å².